The number of carbonyl (C=O) groups excluding carboxylic acids is 2. The molecule has 0 atom stereocenters. The largest absolute Gasteiger partial charge is 0.497 e. The maximum absolute atomic E-state index is 12.3. The van der Waals surface area contributed by atoms with E-state index in [4.69, 9.17) is 4.74 Å². The highest BCUT2D eigenvalue weighted by molar-refractivity contribution is 8.00. The lowest BCUT2D eigenvalue weighted by Crippen LogP contribution is -2.24. The molecule has 1 saturated carbocycles. The predicted octanol–water partition coefficient (Wildman–Crippen LogP) is 4.94. The number of nitrogens with one attached hydrogen (secondary N) is 2. The molecule has 0 heterocycles. The van der Waals surface area contributed by atoms with Crippen LogP contribution >= 0.6 is 11.8 Å². The van der Waals surface area contributed by atoms with Crippen LogP contribution in [0.1, 0.15) is 32.1 Å². The fourth-order valence-corrected chi connectivity index (χ4v) is 3.99. The summed E-state index contributed by atoms with van der Waals surface area (Å²) in [5.74, 6) is 1.20. The number of anilines is 2. The van der Waals surface area contributed by atoms with Crippen LogP contribution in [-0.2, 0) is 9.59 Å². The van der Waals surface area contributed by atoms with Gasteiger partial charge in [-0.2, -0.15) is 0 Å². The molecular weight excluding hydrogens is 372 g/mol. The molecule has 0 spiro atoms. The minimum Gasteiger partial charge on any atom is -0.497 e. The van der Waals surface area contributed by atoms with E-state index >= 15 is 0 Å². The molecular formula is C22H26N2O3S. The Morgan fingerprint density at radius 3 is 2.46 bits per heavy atom. The molecule has 0 unspecified atom stereocenters. The van der Waals surface area contributed by atoms with E-state index in [1.807, 2.05) is 42.5 Å². The summed E-state index contributed by atoms with van der Waals surface area (Å²) in [5, 5.41) is 5.87. The van der Waals surface area contributed by atoms with Crippen molar-refractivity contribution < 1.29 is 14.3 Å². The first-order valence-corrected chi connectivity index (χ1v) is 10.6. The number of amides is 2. The Morgan fingerprint density at radius 1 is 1.00 bits per heavy atom. The summed E-state index contributed by atoms with van der Waals surface area (Å²) >= 11 is 1.46. The Kier molecular flexibility index (Phi) is 7.37. The monoisotopic (exact) mass is 398 g/mol. The van der Waals surface area contributed by atoms with Crippen molar-refractivity contribution in [2.75, 3.05) is 23.5 Å². The number of hydrogen-bond donors (Lipinski definition) is 2. The third kappa shape index (κ3) is 6.02. The van der Waals surface area contributed by atoms with Gasteiger partial charge in [-0.15, -0.1) is 11.8 Å². The van der Waals surface area contributed by atoms with Crippen molar-refractivity contribution in [2.45, 2.75) is 37.0 Å². The molecule has 2 amide bonds. The van der Waals surface area contributed by atoms with Crippen LogP contribution in [0.15, 0.2) is 53.4 Å². The molecule has 6 heteroatoms. The Hall–Kier alpha value is -2.47. The number of carbonyl (C=O) groups is 2. The first kappa shape index (κ1) is 20.3. The molecule has 5 nitrogen and oxygen atoms in total. The van der Waals surface area contributed by atoms with Crippen LogP contribution in [0.2, 0.25) is 0 Å². The average molecular weight is 399 g/mol. The van der Waals surface area contributed by atoms with Gasteiger partial charge in [0.05, 0.1) is 12.9 Å². The number of thioether (sulfide) groups is 1. The first-order chi connectivity index (χ1) is 13.6. The minimum absolute atomic E-state index is 0.0760. The van der Waals surface area contributed by atoms with E-state index in [9.17, 15) is 9.59 Å². The molecule has 1 fully saturated rings. The number of benzene rings is 2. The highest BCUT2D eigenvalue weighted by Gasteiger charge is 2.20. The zero-order chi connectivity index (χ0) is 19.8. The molecule has 1 aliphatic rings. The van der Waals surface area contributed by atoms with Gasteiger partial charge in [-0.1, -0.05) is 25.3 Å². The van der Waals surface area contributed by atoms with Crippen molar-refractivity contribution in [2.24, 2.45) is 5.92 Å². The highest BCUT2D eigenvalue weighted by atomic mass is 32.2. The van der Waals surface area contributed by atoms with Crippen molar-refractivity contribution >= 4 is 35.0 Å². The van der Waals surface area contributed by atoms with Crippen LogP contribution in [-0.4, -0.2) is 24.7 Å². The molecule has 2 N–H and O–H groups in total. The fourth-order valence-electron chi connectivity index (χ4n) is 3.29. The van der Waals surface area contributed by atoms with Crippen LogP contribution < -0.4 is 15.4 Å². The van der Waals surface area contributed by atoms with E-state index in [1.165, 1.54) is 18.2 Å². The van der Waals surface area contributed by atoms with E-state index in [2.05, 4.69) is 10.6 Å². The van der Waals surface area contributed by atoms with E-state index < -0.39 is 0 Å². The van der Waals surface area contributed by atoms with Gasteiger partial charge in [0.25, 0.3) is 0 Å². The normalized spacial score (nSPS) is 14.3. The van der Waals surface area contributed by atoms with Gasteiger partial charge in [-0.3, -0.25) is 9.59 Å². The lowest BCUT2D eigenvalue weighted by molar-refractivity contribution is -0.120. The topological polar surface area (TPSA) is 67.4 Å². The second-order valence-corrected chi connectivity index (χ2v) is 7.97. The lowest BCUT2D eigenvalue weighted by Gasteiger charge is -2.20. The van der Waals surface area contributed by atoms with Gasteiger partial charge in [0.2, 0.25) is 11.8 Å². The summed E-state index contributed by atoms with van der Waals surface area (Å²) in [7, 11) is 1.60. The van der Waals surface area contributed by atoms with Gasteiger partial charge < -0.3 is 15.4 Å². The third-order valence-corrected chi connectivity index (χ3v) is 5.83. The number of rotatable bonds is 7. The third-order valence-electron chi connectivity index (χ3n) is 4.82. The van der Waals surface area contributed by atoms with Crippen LogP contribution in [0.4, 0.5) is 11.4 Å². The standard InChI is InChI=1S/C22H26N2O3S/c1-27-19-9-5-8-18(14-19)23-21(25)15-28-20-12-10-17(11-13-20)24-22(26)16-6-3-2-4-7-16/h5,8-14,16H,2-4,6-7,15H2,1H3,(H,23,25)(H,24,26). The molecule has 28 heavy (non-hydrogen) atoms. The Bertz CT molecular complexity index is 802. The van der Waals surface area contributed by atoms with Gasteiger partial charge in [0, 0.05) is 28.3 Å². The van der Waals surface area contributed by atoms with Crippen LogP contribution in [0.25, 0.3) is 0 Å². The van der Waals surface area contributed by atoms with E-state index in [0.29, 0.717) is 17.2 Å². The average Bonchev–Trinajstić information content (AvgIpc) is 2.74. The van der Waals surface area contributed by atoms with Gasteiger partial charge in [-0.05, 0) is 49.2 Å². The summed E-state index contributed by atoms with van der Waals surface area (Å²) < 4.78 is 5.16. The number of hydrogen-bond acceptors (Lipinski definition) is 4. The SMILES string of the molecule is COc1cccc(NC(=O)CSc2ccc(NC(=O)C3CCCCC3)cc2)c1. The Morgan fingerprint density at radius 2 is 1.75 bits per heavy atom. The van der Waals surface area contributed by atoms with Crippen molar-refractivity contribution in [3.63, 3.8) is 0 Å². The van der Waals surface area contributed by atoms with Crippen molar-refractivity contribution in [3.05, 3.63) is 48.5 Å². The highest BCUT2D eigenvalue weighted by Crippen LogP contribution is 2.26. The Balaban J connectivity index is 1.45. The van der Waals surface area contributed by atoms with E-state index in [-0.39, 0.29) is 17.7 Å². The Labute approximate surface area is 170 Å². The lowest BCUT2D eigenvalue weighted by atomic mass is 9.88. The summed E-state index contributed by atoms with van der Waals surface area (Å²) in [6.45, 7) is 0. The zero-order valence-electron chi connectivity index (χ0n) is 16.1. The fraction of sp³-hybridized carbons (Fsp3) is 0.364. The van der Waals surface area contributed by atoms with Gasteiger partial charge >= 0.3 is 0 Å². The van der Waals surface area contributed by atoms with Crippen LogP contribution in [0, 0.1) is 5.92 Å². The molecule has 148 valence electrons. The molecule has 2 aromatic carbocycles. The summed E-state index contributed by atoms with van der Waals surface area (Å²) in [4.78, 5) is 25.4. The second kappa shape index (κ2) is 10.2. The predicted molar refractivity (Wildman–Crippen MR) is 114 cm³/mol. The zero-order valence-corrected chi connectivity index (χ0v) is 16.9. The summed E-state index contributed by atoms with van der Waals surface area (Å²) in [6.07, 6.45) is 5.50. The molecule has 0 aliphatic heterocycles. The molecule has 0 radical (unpaired) electrons. The maximum Gasteiger partial charge on any atom is 0.234 e. The molecule has 0 saturated heterocycles. The summed E-state index contributed by atoms with van der Waals surface area (Å²) in [5.41, 5.74) is 1.52. The molecule has 0 aromatic heterocycles. The van der Waals surface area contributed by atoms with Crippen molar-refractivity contribution in [1.29, 1.82) is 0 Å². The van der Waals surface area contributed by atoms with Crippen molar-refractivity contribution in [3.8, 4) is 5.75 Å². The van der Waals surface area contributed by atoms with Gasteiger partial charge in [0.15, 0.2) is 0 Å². The van der Waals surface area contributed by atoms with Gasteiger partial charge in [0.1, 0.15) is 5.75 Å². The first-order valence-electron chi connectivity index (χ1n) is 9.61. The maximum atomic E-state index is 12.3. The molecule has 0 bridgehead atoms. The van der Waals surface area contributed by atoms with Crippen LogP contribution in [0.3, 0.4) is 0 Å². The van der Waals surface area contributed by atoms with Crippen molar-refractivity contribution in [1.82, 2.24) is 0 Å². The minimum atomic E-state index is -0.0760. The molecule has 3 rings (SSSR count). The summed E-state index contributed by atoms with van der Waals surface area (Å²) in [6, 6.07) is 14.9. The van der Waals surface area contributed by atoms with Gasteiger partial charge in [-0.25, -0.2) is 0 Å². The van der Waals surface area contributed by atoms with E-state index in [1.54, 1.807) is 13.2 Å². The van der Waals surface area contributed by atoms with Crippen LogP contribution in [0.5, 0.6) is 5.75 Å². The van der Waals surface area contributed by atoms with E-state index in [0.717, 1.165) is 36.3 Å². The smallest absolute Gasteiger partial charge is 0.234 e. The number of ether oxygens (including phenoxy) is 1. The molecule has 2 aromatic rings. The number of methoxy groups -OCH3 is 1. The second-order valence-electron chi connectivity index (χ2n) is 6.92. The quantitative estimate of drug-likeness (QED) is 0.648. The molecule has 1 aliphatic carbocycles.